The molecule has 0 aliphatic carbocycles. The molecule has 2 rings (SSSR count). The van der Waals surface area contributed by atoms with Gasteiger partial charge in [0.1, 0.15) is 0 Å². The number of rotatable bonds is 3. The number of pyridine rings is 1. The number of carbonyl (C=O) groups is 2. The first-order valence-electron chi connectivity index (χ1n) is 7.15. The van der Waals surface area contributed by atoms with E-state index in [1.807, 2.05) is 25.1 Å². The third-order valence-corrected chi connectivity index (χ3v) is 3.78. The first-order chi connectivity index (χ1) is 9.95. The minimum absolute atomic E-state index is 0.0169. The van der Waals surface area contributed by atoms with Crippen LogP contribution in [0.2, 0.25) is 0 Å². The molecule has 6 heteroatoms. The number of carbonyl (C=O) groups excluding carboxylic acids is 2. The quantitative estimate of drug-likeness (QED) is 0.860. The van der Waals surface area contributed by atoms with E-state index in [0.717, 1.165) is 17.9 Å². The van der Waals surface area contributed by atoms with Gasteiger partial charge in [-0.2, -0.15) is 0 Å². The highest BCUT2D eigenvalue weighted by atomic mass is 16.2. The molecule has 114 valence electrons. The lowest BCUT2D eigenvalue weighted by atomic mass is 10.1. The molecular formula is C15H22N4O2. The maximum absolute atomic E-state index is 11.6. The third kappa shape index (κ3) is 4.26. The van der Waals surface area contributed by atoms with Crippen molar-refractivity contribution >= 4 is 11.8 Å². The maximum atomic E-state index is 11.6. The van der Waals surface area contributed by atoms with Gasteiger partial charge in [0.2, 0.25) is 11.8 Å². The van der Waals surface area contributed by atoms with E-state index < -0.39 is 0 Å². The molecule has 0 bridgehead atoms. The highest BCUT2D eigenvalue weighted by Gasteiger charge is 2.27. The predicted molar refractivity (Wildman–Crippen MR) is 79.2 cm³/mol. The molecule has 1 aromatic heterocycles. The lowest BCUT2D eigenvalue weighted by Gasteiger charge is -2.21. The summed E-state index contributed by atoms with van der Waals surface area (Å²) in [6.45, 7) is 6.45. The summed E-state index contributed by atoms with van der Waals surface area (Å²) in [4.78, 5) is 31.5. The molecule has 0 unspecified atom stereocenters. The molecule has 1 aliphatic heterocycles. The maximum Gasteiger partial charge on any atom is 0.223 e. The van der Waals surface area contributed by atoms with E-state index in [4.69, 9.17) is 5.73 Å². The molecule has 2 heterocycles. The van der Waals surface area contributed by atoms with Crippen molar-refractivity contribution in [3.05, 3.63) is 29.6 Å². The smallest absolute Gasteiger partial charge is 0.223 e. The van der Waals surface area contributed by atoms with E-state index in [1.54, 1.807) is 4.90 Å². The highest BCUT2D eigenvalue weighted by molar-refractivity contribution is 5.79. The number of aromatic nitrogens is 1. The van der Waals surface area contributed by atoms with Crippen molar-refractivity contribution in [2.75, 3.05) is 26.2 Å². The molecule has 1 atom stereocenters. The predicted octanol–water partition coefficient (Wildman–Crippen LogP) is 0.156. The summed E-state index contributed by atoms with van der Waals surface area (Å²) in [6.07, 6.45) is 0. The summed E-state index contributed by atoms with van der Waals surface area (Å²) >= 11 is 0. The Morgan fingerprint density at radius 2 is 2.10 bits per heavy atom. The van der Waals surface area contributed by atoms with Crippen LogP contribution in [0.25, 0.3) is 0 Å². The molecule has 1 aromatic rings. The topological polar surface area (TPSA) is 79.5 Å². The molecule has 0 saturated carbocycles. The lowest BCUT2D eigenvalue weighted by Crippen LogP contribution is -2.39. The molecule has 6 nitrogen and oxygen atoms in total. The molecule has 21 heavy (non-hydrogen) atoms. The Kier molecular flexibility index (Phi) is 4.90. The summed E-state index contributed by atoms with van der Waals surface area (Å²) in [6, 6.07) is 5.90. The molecule has 2 amide bonds. The van der Waals surface area contributed by atoms with Gasteiger partial charge in [-0.1, -0.05) is 6.07 Å². The standard InChI is InChI=1S/C15H22N4O2/c1-11-4-3-5-14(17-11)10-18-6-7-19(12(2)20)9-13(8-18)15(16)21/h3-5,13H,6-10H2,1-2H3,(H2,16,21)/t13-/m1/s1. The van der Waals surface area contributed by atoms with E-state index in [9.17, 15) is 9.59 Å². The van der Waals surface area contributed by atoms with Gasteiger partial charge < -0.3 is 10.6 Å². The van der Waals surface area contributed by atoms with E-state index in [2.05, 4.69) is 9.88 Å². The Bertz CT molecular complexity index is 532. The second kappa shape index (κ2) is 6.67. The van der Waals surface area contributed by atoms with Gasteiger partial charge in [-0.25, -0.2) is 0 Å². The number of nitrogens with zero attached hydrogens (tertiary/aromatic N) is 3. The number of hydrogen-bond donors (Lipinski definition) is 1. The van der Waals surface area contributed by atoms with Gasteiger partial charge in [0.05, 0.1) is 11.6 Å². The van der Waals surface area contributed by atoms with Crippen molar-refractivity contribution in [2.24, 2.45) is 11.7 Å². The second-order valence-corrected chi connectivity index (χ2v) is 5.57. The molecular weight excluding hydrogens is 268 g/mol. The zero-order chi connectivity index (χ0) is 15.4. The average molecular weight is 290 g/mol. The van der Waals surface area contributed by atoms with Gasteiger partial charge in [-0.3, -0.25) is 19.5 Å². The van der Waals surface area contributed by atoms with Crippen molar-refractivity contribution in [3.8, 4) is 0 Å². The summed E-state index contributed by atoms with van der Waals surface area (Å²) in [5, 5.41) is 0. The Labute approximate surface area is 124 Å². The zero-order valence-corrected chi connectivity index (χ0v) is 12.6. The second-order valence-electron chi connectivity index (χ2n) is 5.57. The van der Waals surface area contributed by atoms with Crippen molar-refractivity contribution in [2.45, 2.75) is 20.4 Å². The fraction of sp³-hybridized carbons (Fsp3) is 0.533. The first kappa shape index (κ1) is 15.4. The van der Waals surface area contributed by atoms with Crippen LogP contribution in [0, 0.1) is 12.8 Å². The van der Waals surface area contributed by atoms with Gasteiger partial charge in [-0.15, -0.1) is 0 Å². The van der Waals surface area contributed by atoms with Crippen molar-refractivity contribution in [1.82, 2.24) is 14.8 Å². The van der Waals surface area contributed by atoms with E-state index in [0.29, 0.717) is 26.2 Å². The van der Waals surface area contributed by atoms with Crippen molar-refractivity contribution in [1.29, 1.82) is 0 Å². The summed E-state index contributed by atoms with van der Waals surface area (Å²) < 4.78 is 0. The molecule has 0 radical (unpaired) electrons. The number of nitrogens with two attached hydrogens (primary N) is 1. The molecule has 2 N–H and O–H groups in total. The average Bonchev–Trinajstić information content (AvgIpc) is 2.61. The molecule has 0 spiro atoms. The van der Waals surface area contributed by atoms with Crippen LogP contribution < -0.4 is 5.73 Å². The highest BCUT2D eigenvalue weighted by Crippen LogP contribution is 2.12. The zero-order valence-electron chi connectivity index (χ0n) is 12.6. The SMILES string of the molecule is CC(=O)N1CCN(Cc2cccc(C)n2)C[C@@H](C(N)=O)C1. The number of amides is 2. The van der Waals surface area contributed by atoms with Gasteiger partial charge in [0.25, 0.3) is 0 Å². The van der Waals surface area contributed by atoms with Crippen molar-refractivity contribution in [3.63, 3.8) is 0 Å². The monoisotopic (exact) mass is 290 g/mol. The van der Waals surface area contributed by atoms with Gasteiger partial charge in [-0.05, 0) is 19.1 Å². The normalized spacial score (nSPS) is 20.1. The van der Waals surface area contributed by atoms with Crippen LogP contribution in [0.1, 0.15) is 18.3 Å². The molecule has 0 aromatic carbocycles. The van der Waals surface area contributed by atoms with Crippen LogP contribution in [0.15, 0.2) is 18.2 Å². The van der Waals surface area contributed by atoms with Crippen LogP contribution in [-0.2, 0) is 16.1 Å². The Hall–Kier alpha value is -1.95. The largest absolute Gasteiger partial charge is 0.369 e. The van der Waals surface area contributed by atoms with Crippen LogP contribution in [-0.4, -0.2) is 52.8 Å². The Morgan fingerprint density at radius 1 is 1.33 bits per heavy atom. The van der Waals surface area contributed by atoms with Gasteiger partial charge in [0.15, 0.2) is 0 Å². The minimum atomic E-state index is -0.356. The van der Waals surface area contributed by atoms with Crippen LogP contribution in [0.5, 0.6) is 0 Å². The summed E-state index contributed by atoms with van der Waals surface area (Å²) in [5.74, 6) is -0.705. The minimum Gasteiger partial charge on any atom is -0.369 e. The fourth-order valence-corrected chi connectivity index (χ4v) is 2.61. The number of primary amides is 1. The van der Waals surface area contributed by atoms with Crippen LogP contribution in [0.3, 0.4) is 0 Å². The summed E-state index contributed by atoms with van der Waals surface area (Å²) in [5.41, 5.74) is 7.40. The molecule has 1 fully saturated rings. The van der Waals surface area contributed by atoms with Crippen LogP contribution >= 0.6 is 0 Å². The van der Waals surface area contributed by atoms with E-state index in [-0.39, 0.29) is 17.7 Å². The lowest BCUT2D eigenvalue weighted by molar-refractivity contribution is -0.130. The van der Waals surface area contributed by atoms with Gasteiger partial charge >= 0.3 is 0 Å². The third-order valence-electron chi connectivity index (χ3n) is 3.78. The van der Waals surface area contributed by atoms with E-state index >= 15 is 0 Å². The van der Waals surface area contributed by atoms with E-state index in [1.165, 1.54) is 6.92 Å². The fourth-order valence-electron chi connectivity index (χ4n) is 2.61. The van der Waals surface area contributed by atoms with Crippen molar-refractivity contribution < 1.29 is 9.59 Å². The molecule has 1 saturated heterocycles. The summed E-state index contributed by atoms with van der Waals surface area (Å²) in [7, 11) is 0. The number of hydrogen-bond acceptors (Lipinski definition) is 4. The van der Waals surface area contributed by atoms with Gasteiger partial charge in [0, 0.05) is 45.3 Å². The molecule has 1 aliphatic rings. The Morgan fingerprint density at radius 3 is 2.71 bits per heavy atom. The first-order valence-corrected chi connectivity index (χ1v) is 7.15. The Balaban J connectivity index is 2.09. The number of aryl methyl sites for hydroxylation is 1. The van der Waals surface area contributed by atoms with Crippen LogP contribution in [0.4, 0.5) is 0 Å².